The number of hydrogen-bond acceptors (Lipinski definition) is 6. The van der Waals surface area contributed by atoms with E-state index in [2.05, 4.69) is 51.8 Å². The van der Waals surface area contributed by atoms with Crippen LogP contribution in [0.25, 0.3) is 0 Å². The summed E-state index contributed by atoms with van der Waals surface area (Å²) in [7, 11) is 0. The number of carbonyl (C=O) groups is 1. The van der Waals surface area contributed by atoms with Crippen molar-refractivity contribution >= 4 is 33.7 Å². The number of nitrogens with one attached hydrogen (secondary N) is 2. The zero-order valence-corrected chi connectivity index (χ0v) is 16.8. The number of benzene rings is 1. The van der Waals surface area contributed by atoms with Gasteiger partial charge in [0.05, 0.1) is 5.01 Å². The highest BCUT2D eigenvalue weighted by atomic mass is 32.1. The fraction of sp³-hybridized carbons (Fsp3) is 0.350. The zero-order valence-electron chi connectivity index (χ0n) is 15.2. The molecule has 1 saturated heterocycles. The van der Waals surface area contributed by atoms with Crippen LogP contribution in [0.1, 0.15) is 50.3 Å². The van der Waals surface area contributed by atoms with Crippen LogP contribution in [0, 0.1) is 6.92 Å². The van der Waals surface area contributed by atoms with Gasteiger partial charge in [-0.15, -0.1) is 22.7 Å². The van der Waals surface area contributed by atoms with Gasteiger partial charge in [-0.25, -0.2) is 9.97 Å². The van der Waals surface area contributed by atoms with Gasteiger partial charge >= 0.3 is 0 Å². The maximum absolute atomic E-state index is 12.5. The average molecular weight is 399 g/mol. The van der Waals surface area contributed by atoms with Crippen molar-refractivity contribution in [3.63, 3.8) is 0 Å². The average Bonchev–Trinajstić information content (AvgIpc) is 3.34. The summed E-state index contributed by atoms with van der Waals surface area (Å²) in [5, 5.41) is 9.69. The molecule has 27 heavy (non-hydrogen) atoms. The smallest absolute Gasteiger partial charge is 0.276 e. The first-order valence-corrected chi connectivity index (χ1v) is 10.8. The molecular weight excluding hydrogens is 376 g/mol. The van der Waals surface area contributed by atoms with E-state index in [1.54, 1.807) is 11.3 Å². The molecule has 0 radical (unpaired) electrons. The maximum Gasteiger partial charge on any atom is 0.276 e. The van der Waals surface area contributed by atoms with E-state index in [1.165, 1.54) is 27.3 Å². The van der Waals surface area contributed by atoms with Crippen molar-refractivity contribution in [3.05, 3.63) is 62.5 Å². The van der Waals surface area contributed by atoms with Crippen LogP contribution in [0.3, 0.4) is 0 Å². The molecule has 5 nitrogen and oxygen atoms in total. The molecule has 3 heterocycles. The minimum absolute atomic E-state index is 0.187. The second-order valence-corrected chi connectivity index (χ2v) is 8.84. The lowest BCUT2D eigenvalue weighted by Gasteiger charge is -2.20. The molecule has 0 unspecified atom stereocenters. The van der Waals surface area contributed by atoms with E-state index in [-0.39, 0.29) is 5.91 Å². The van der Waals surface area contributed by atoms with Gasteiger partial charge in [-0.3, -0.25) is 10.1 Å². The van der Waals surface area contributed by atoms with Crippen LogP contribution < -0.4 is 10.6 Å². The molecule has 1 aliphatic heterocycles. The lowest BCUT2D eigenvalue weighted by atomic mass is 9.97. The number of aromatic nitrogens is 2. The van der Waals surface area contributed by atoms with E-state index in [0.717, 1.165) is 37.4 Å². The predicted octanol–water partition coefficient (Wildman–Crippen LogP) is 4.22. The predicted molar refractivity (Wildman–Crippen MR) is 111 cm³/mol. The summed E-state index contributed by atoms with van der Waals surface area (Å²) in [4.78, 5) is 22.6. The van der Waals surface area contributed by atoms with E-state index in [0.29, 0.717) is 16.7 Å². The first-order valence-electron chi connectivity index (χ1n) is 9.15. The quantitative estimate of drug-likeness (QED) is 0.675. The summed E-state index contributed by atoms with van der Waals surface area (Å²) in [6, 6.07) is 8.40. The van der Waals surface area contributed by atoms with Gasteiger partial charge in [-0.2, -0.15) is 0 Å². The minimum atomic E-state index is -0.187. The van der Waals surface area contributed by atoms with Crippen LogP contribution in [0.15, 0.2) is 35.8 Å². The molecule has 0 aliphatic carbocycles. The Morgan fingerprint density at radius 2 is 2.04 bits per heavy atom. The number of rotatable bonds is 5. The fourth-order valence-corrected chi connectivity index (χ4v) is 4.97. The number of hydrogen-bond donors (Lipinski definition) is 2. The first kappa shape index (κ1) is 18.3. The molecule has 1 aromatic carbocycles. The van der Waals surface area contributed by atoms with Gasteiger partial charge in [0, 0.05) is 22.9 Å². The summed E-state index contributed by atoms with van der Waals surface area (Å²) in [6.07, 6.45) is 4.91. The topological polar surface area (TPSA) is 66.9 Å². The van der Waals surface area contributed by atoms with Gasteiger partial charge in [0.2, 0.25) is 0 Å². The zero-order chi connectivity index (χ0) is 18.6. The molecule has 7 heteroatoms. The molecule has 3 aromatic rings. The van der Waals surface area contributed by atoms with Crippen LogP contribution in [0.5, 0.6) is 0 Å². The van der Waals surface area contributed by atoms with E-state index < -0.39 is 0 Å². The van der Waals surface area contributed by atoms with Crippen LogP contribution in [-0.4, -0.2) is 29.0 Å². The number of anilines is 1. The Kier molecular flexibility index (Phi) is 5.61. The highest BCUT2D eigenvalue weighted by Crippen LogP contribution is 2.31. The van der Waals surface area contributed by atoms with E-state index in [1.807, 2.05) is 11.6 Å². The molecule has 1 fully saturated rings. The van der Waals surface area contributed by atoms with Crippen molar-refractivity contribution < 1.29 is 4.79 Å². The lowest BCUT2D eigenvalue weighted by molar-refractivity contribution is 0.102. The Morgan fingerprint density at radius 3 is 2.81 bits per heavy atom. The molecular formula is C20H22N4OS2. The highest BCUT2D eigenvalue weighted by molar-refractivity contribution is 7.15. The summed E-state index contributed by atoms with van der Waals surface area (Å²) in [5.41, 5.74) is 2.90. The molecule has 140 valence electrons. The molecule has 0 saturated carbocycles. The van der Waals surface area contributed by atoms with Crippen molar-refractivity contribution in [1.29, 1.82) is 0 Å². The third-order valence-electron chi connectivity index (χ3n) is 4.75. The SMILES string of the molecule is Cc1ccc(Cc2nc(C(=O)Nc3ncc(C4CCNCC4)s3)cs2)cc1. The van der Waals surface area contributed by atoms with Gasteiger partial charge < -0.3 is 5.32 Å². The maximum atomic E-state index is 12.5. The van der Waals surface area contributed by atoms with Gasteiger partial charge in [-0.1, -0.05) is 29.8 Å². The van der Waals surface area contributed by atoms with Gasteiger partial charge in [0.25, 0.3) is 5.91 Å². The molecule has 0 spiro atoms. The molecule has 1 amide bonds. The number of piperidine rings is 1. The standard InChI is InChI=1S/C20H22N4OS2/c1-13-2-4-14(5-3-13)10-18-23-16(12-26-18)19(25)24-20-22-11-17(27-20)15-6-8-21-9-7-15/h2-5,11-12,15,21H,6-10H2,1H3,(H,22,24,25). The van der Waals surface area contributed by atoms with Crippen LogP contribution in [0.4, 0.5) is 5.13 Å². The molecule has 0 bridgehead atoms. The molecule has 4 rings (SSSR count). The van der Waals surface area contributed by atoms with Crippen molar-refractivity contribution in [2.75, 3.05) is 18.4 Å². The monoisotopic (exact) mass is 398 g/mol. The summed E-state index contributed by atoms with van der Waals surface area (Å²) < 4.78 is 0. The Labute approximate surface area is 166 Å². The van der Waals surface area contributed by atoms with Crippen molar-refractivity contribution in [2.45, 2.75) is 32.1 Å². The Morgan fingerprint density at radius 1 is 1.26 bits per heavy atom. The largest absolute Gasteiger partial charge is 0.317 e. The lowest BCUT2D eigenvalue weighted by Crippen LogP contribution is -2.26. The summed E-state index contributed by atoms with van der Waals surface area (Å²) in [6.45, 7) is 4.17. The van der Waals surface area contributed by atoms with Gasteiger partial charge in [0.1, 0.15) is 5.69 Å². The minimum Gasteiger partial charge on any atom is -0.317 e. The van der Waals surface area contributed by atoms with E-state index >= 15 is 0 Å². The second kappa shape index (κ2) is 8.29. The number of nitrogens with zero attached hydrogens (tertiary/aromatic N) is 2. The molecule has 0 atom stereocenters. The Bertz CT molecular complexity index is 910. The number of thiazole rings is 2. The van der Waals surface area contributed by atoms with Gasteiger partial charge in [-0.05, 0) is 44.3 Å². The number of amides is 1. The molecule has 1 aliphatic rings. The van der Waals surface area contributed by atoms with Gasteiger partial charge in [0.15, 0.2) is 5.13 Å². The molecule has 2 aromatic heterocycles. The van der Waals surface area contributed by atoms with Crippen LogP contribution in [0.2, 0.25) is 0 Å². The van der Waals surface area contributed by atoms with Crippen molar-refractivity contribution in [2.24, 2.45) is 0 Å². The second-order valence-electron chi connectivity index (χ2n) is 6.84. The van der Waals surface area contributed by atoms with Crippen LogP contribution >= 0.6 is 22.7 Å². The van der Waals surface area contributed by atoms with E-state index in [9.17, 15) is 4.79 Å². The Balaban J connectivity index is 1.38. The van der Waals surface area contributed by atoms with Crippen LogP contribution in [-0.2, 0) is 6.42 Å². The summed E-state index contributed by atoms with van der Waals surface area (Å²) >= 11 is 3.10. The fourth-order valence-electron chi connectivity index (χ4n) is 3.18. The number of carbonyl (C=O) groups excluding carboxylic acids is 1. The number of aryl methyl sites for hydroxylation is 1. The Hall–Kier alpha value is -2.09. The highest BCUT2D eigenvalue weighted by Gasteiger charge is 2.19. The van der Waals surface area contributed by atoms with Crippen molar-refractivity contribution in [3.8, 4) is 0 Å². The first-order chi connectivity index (χ1) is 13.2. The normalized spacial score (nSPS) is 15.0. The summed E-state index contributed by atoms with van der Waals surface area (Å²) in [5.74, 6) is 0.363. The molecule has 2 N–H and O–H groups in total. The van der Waals surface area contributed by atoms with Crippen molar-refractivity contribution in [1.82, 2.24) is 15.3 Å². The third-order valence-corrected chi connectivity index (χ3v) is 6.67. The van der Waals surface area contributed by atoms with E-state index in [4.69, 9.17) is 0 Å². The third kappa shape index (κ3) is 4.61.